The number of aromatic nitrogens is 3. The Morgan fingerprint density at radius 3 is 2.39 bits per heavy atom. The van der Waals surface area contributed by atoms with Gasteiger partial charge in [-0.2, -0.15) is 9.40 Å². The number of aryl methyl sites for hydroxylation is 1. The summed E-state index contributed by atoms with van der Waals surface area (Å²) in [5.74, 6) is 0.843. The zero-order valence-electron chi connectivity index (χ0n) is 17.9. The Bertz CT molecular complexity index is 1190. The van der Waals surface area contributed by atoms with E-state index in [1.165, 1.54) is 16.0 Å². The maximum absolute atomic E-state index is 13.0. The Kier molecular flexibility index (Phi) is 6.45. The van der Waals surface area contributed by atoms with Gasteiger partial charge >= 0.3 is 5.69 Å². The summed E-state index contributed by atoms with van der Waals surface area (Å²) in [6.07, 6.45) is 2.16. The van der Waals surface area contributed by atoms with E-state index in [2.05, 4.69) is 5.10 Å². The highest BCUT2D eigenvalue weighted by atomic mass is 32.2. The lowest BCUT2D eigenvalue weighted by molar-refractivity contribution is 0.309. The second-order valence-electron chi connectivity index (χ2n) is 7.78. The molecule has 0 amide bonds. The van der Waals surface area contributed by atoms with Crippen LogP contribution in [0.25, 0.3) is 0 Å². The Morgan fingerprint density at radius 2 is 1.77 bits per heavy atom. The van der Waals surface area contributed by atoms with Crippen LogP contribution in [0.15, 0.2) is 51.5 Å². The topological polar surface area (TPSA) is 77.2 Å². The molecule has 2 aromatic heterocycles. The van der Waals surface area contributed by atoms with Crippen LogP contribution in [0.5, 0.6) is 0 Å². The average molecular weight is 461 g/mol. The van der Waals surface area contributed by atoms with E-state index >= 15 is 0 Å². The first kappa shape index (κ1) is 22.0. The second-order valence-corrected chi connectivity index (χ2v) is 11.1. The quantitative estimate of drug-likeness (QED) is 0.542. The van der Waals surface area contributed by atoms with Gasteiger partial charge in [0.2, 0.25) is 0 Å². The number of nitrogens with zero attached hydrogens (tertiary/aromatic N) is 4. The predicted molar refractivity (Wildman–Crippen MR) is 122 cm³/mol. The molecule has 9 heteroatoms. The fourth-order valence-electron chi connectivity index (χ4n) is 4.08. The van der Waals surface area contributed by atoms with Gasteiger partial charge in [0.25, 0.3) is 10.0 Å². The minimum atomic E-state index is -3.46. The summed E-state index contributed by atoms with van der Waals surface area (Å²) in [5.41, 5.74) is 0.919. The van der Waals surface area contributed by atoms with Gasteiger partial charge in [-0.15, -0.1) is 11.3 Å². The standard InChI is InChI=1S/C22H28N4O3S2/c1-3-19-10-11-20(30-19)31(28,29)24-14-12-18(13-15-24)21-23-26(22(27)25(21)4-2)16-17-8-6-5-7-9-17/h5-11,18H,3-4,12-16H2,1-2H3. The summed E-state index contributed by atoms with van der Waals surface area (Å²) < 4.78 is 31.3. The predicted octanol–water partition coefficient (Wildman–Crippen LogP) is 3.31. The fourth-order valence-corrected chi connectivity index (χ4v) is 7.00. The lowest BCUT2D eigenvalue weighted by Crippen LogP contribution is -2.38. The van der Waals surface area contributed by atoms with Gasteiger partial charge < -0.3 is 0 Å². The van der Waals surface area contributed by atoms with Crippen molar-refractivity contribution in [2.45, 2.75) is 56.3 Å². The summed E-state index contributed by atoms with van der Waals surface area (Å²) >= 11 is 1.35. The van der Waals surface area contributed by atoms with Crippen molar-refractivity contribution >= 4 is 21.4 Å². The van der Waals surface area contributed by atoms with E-state index in [-0.39, 0.29) is 11.6 Å². The van der Waals surface area contributed by atoms with Gasteiger partial charge in [-0.3, -0.25) is 4.57 Å². The molecule has 166 valence electrons. The first-order valence-electron chi connectivity index (χ1n) is 10.7. The molecule has 1 saturated heterocycles. The maximum atomic E-state index is 13.0. The molecular formula is C22H28N4O3S2. The van der Waals surface area contributed by atoms with Gasteiger partial charge in [0, 0.05) is 30.4 Å². The van der Waals surface area contributed by atoms with Gasteiger partial charge in [-0.25, -0.2) is 17.9 Å². The Balaban J connectivity index is 1.51. The second kappa shape index (κ2) is 9.10. The minimum absolute atomic E-state index is 0.0747. The van der Waals surface area contributed by atoms with Crippen LogP contribution in [-0.4, -0.2) is 40.2 Å². The molecule has 0 aliphatic carbocycles. The van der Waals surface area contributed by atoms with Crippen molar-refractivity contribution < 1.29 is 8.42 Å². The normalized spacial score (nSPS) is 16.1. The van der Waals surface area contributed by atoms with Gasteiger partial charge in [0.15, 0.2) is 0 Å². The van der Waals surface area contributed by atoms with Crippen LogP contribution in [-0.2, 0) is 29.5 Å². The number of piperidine rings is 1. The molecule has 0 unspecified atom stereocenters. The number of benzene rings is 1. The zero-order chi connectivity index (χ0) is 22.0. The van der Waals surface area contributed by atoms with Crippen LogP contribution >= 0.6 is 11.3 Å². The molecule has 1 aliphatic rings. The lowest BCUT2D eigenvalue weighted by atomic mass is 9.97. The molecule has 0 bridgehead atoms. The van der Waals surface area contributed by atoms with E-state index < -0.39 is 10.0 Å². The van der Waals surface area contributed by atoms with Crippen LogP contribution in [0, 0.1) is 0 Å². The molecule has 7 nitrogen and oxygen atoms in total. The molecule has 3 heterocycles. The van der Waals surface area contributed by atoms with Crippen molar-refractivity contribution in [3.8, 4) is 0 Å². The van der Waals surface area contributed by atoms with E-state index in [9.17, 15) is 13.2 Å². The van der Waals surface area contributed by atoms with Crippen LogP contribution in [0.2, 0.25) is 0 Å². The molecule has 0 spiro atoms. The molecule has 1 aliphatic heterocycles. The highest BCUT2D eigenvalue weighted by Crippen LogP contribution is 2.32. The molecular weight excluding hydrogens is 432 g/mol. The minimum Gasteiger partial charge on any atom is -0.279 e. The van der Waals surface area contributed by atoms with E-state index in [0.717, 1.165) is 22.7 Å². The summed E-state index contributed by atoms with van der Waals surface area (Å²) in [7, 11) is -3.46. The SMILES string of the molecule is CCc1ccc(S(=O)(=O)N2CCC(c3nn(Cc4ccccc4)c(=O)n3CC)CC2)s1. The van der Waals surface area contributed by atoms with Gasteiger partial charge in [-0.05, 0) is 43.9 Å². The molecule has 1 fully saturated rings. The number of thiophene rings is 1. The van der Waals surface area contributed by atoms with Crippen molar-refractivity contribution in [1.29, 1.82) is 0 Å². The van der Waals surface area contributed by atoms with E-state index in [1.54, 1.807) is 14.9 Å². The molecule has 4 rings (SSSR count). The van der Waals surface area contributed by atoms with Gasteiger partial charge in [0.1, 0.15) is 10.0 Å². The highest BCUT2D eigenvalue weighted by molar-refractivity contribution is 7.91. The molecule has 31 heavy (non-hydrogen) atoms. The van der Waals surface area contributed by atoms with Gasteiger partial charge in [0.05, 0.1) is 6.54 Å². The third kappa shape index (κ3) is 4.40. The van der Waals surface area contributed by atoms with Crippen LogP contribution in [0.4, 0.5) is 0 Å². The Labute approximate surface area is 187 Å². The summed E-state index contributed by atoms with van der Waals surface area (Å²) in [6.45, 7) is 5.84. The molecule has 0 radical (unpaired) electrons. The van der Waals surface area contributed by atoms with E-state index in [4.69, 9.17) is 0 Å². The fraction of sp³-hybridized carbons (Fsp3) is 0.455. The largest absolute Gasteiger partial charge is 0.346 e. The summed E-state index contributed by atoms with van der Waals surface area (Å²) in [4.78, 5) is 13.9. The van der Waals surface area contributed by atoms with Crippen molar-refractivity contribution in [2.75, 3.05) is 13.1 Å². The van der Waals surface area contributed by atoms with E-state index in [0.29, 0.717) is 43.2 Å². The van der Waals surface area contributed by atoms with Crippen LogP contribution in [0.1, 0.15) is 48.9 Å². The average Bonchev–Trinajstić information content (AvgIpc) is 3.40. The number of hydrogen-bond donors (Lipinski definition) is 0. The van der Waals surface area contributed by atoms with Crippen LogP contribution < -0.4 is 5.69 Å². The Morgan fingerprint density at radius 1 is 1.06 bits per heavy atom. The number of sulfonamides is 1. The number of hydrogen-bond acceptors (Lipinski definition) is 5. The number of rotatable bonds is 7. The molecule has 3 aromatic rings. The molecule has 0 N–H and O–H groups in total. The van der Waals surface area contributed by atoms with E-state index in [1.807, 2.05) is 50.2 Å². The maximum Gasteiger partial charge on any atom is 0.346 e. The summed E-state index contributed by atoms with van der Waals surface area (Å²) in [6, 6.07) is 13.4. The first-order chi connectivity index (χ1) is 14.9. The van der Waals surface area contributed by atoms with Gasteiger partial charge in [-0.1, -0.05) is 37.3 Å². The molecule has 1 aromatic carbocycles. The third-order valence-corrected chi connectivity index (χ3v) is 9.44. The van der Waals surface area contributed by atoms with Crippen molar-refractivity contribution in [2.24, 2.45) is 0 Å². The highest BCUT2D eigenvalue weighted by Gasteiger charge is 2.33. The lowest BCUT2D eigenvalue weighted by Gasteiger charge is -2.30. The zero-order valence-corrected chi connectivity index (χ0v) is 19.5. The molecule has 0 saturated carbocycles. The van der Waals surface area contributed by atoms with Crippen LogP contribution in [0.3, 0.4) is 0 Å². The summed E-state index contributed by atoms with van der Waals surface area (Å²) in [5, 5.41) is 4.66. The third-order valence-electron chi connectivity index (χ3n) is 5.84. The van der Waals surface area contributed by atoms with Crippen molar-refractivity contribution in [3.05, 3.63) is 69.2 Å². The smallest absolute Gasteiger partial charge is 0.279 e. The molecule has 0 atom stereocenters. The first-order valence-corrected chi connectivity index (χ1v) is 13.0. The van der Waals surface area contributed by atoms with Crippen molar-refractivity contribution in [1.82, 2.24) is 18.7 Å². The monoisotopic (exact) mass is 460 g/mol. The van der Waals surface area contributed by atoms with Crippen molar-refractivity contribution in [3.63, 3.8) is 0 Å². The Hall–Kier alpha value is -2.23.